The van der Waals surface area contributed by atoms with E-state index in [4.69, 9.17) is 16.5 Å². The van der Waals surface area contributed by atoms with Crippen molar-refractivity contribution in [1.82, 2.24) is 15.0 Å². The summed E-state index contributed by atoms with van der Waals surface area (Å²) in [4.78, 5) is 30.7. The minimum Gasteiger partial charge on any atom is -0.308 e. The number of pyridine rings is 1. The van der Waals surface area contributed by atoms with E-state index in [2.05, 4.69) is 23.7 Å². The van der Waals surface area contributed by atoms with E-state index in [9.17, 15) is 9.18 Å². The summed E-state index contributed by atoms with van der Waals surface area (Å²) in [6, 6.07) is 9.88. The SMILES string of the molecule is [C-]#[N+]C1=C[C@@]2(CCC(C)C)c3nc(-c4ccnc(CF)c4)nc(-c4ccccc4F)c3CC[C@@H]2[C@@H](C)C1=O. The van der Waals surface area contributed by atoms with Crippen LogP contribution >= 0.6 is 0 Å². The molecule has 0 amide bonds. The highest BCUT2D eigenvalue weighted by Crippen LogP contribution is 2.54. The Hall–Kier alpha value is -3.79. The number of carbonyl (C=O) groups excluding carboxylic acids is 1. The topological polar surface area (TPSA) is 60.1 Å². The molecule has 0 spiro atoms. The number of aromatic nitrogens is 3. The smallest absolute Gasteiger partial charge is 0.226 e. The van der Waals surface area contributed by atoms with Gasteiger partial charge in [-0.3, -0.25) is 4.98 Å². The lowest BCUT2D eigenvalue weighted by atomic mass is 9.55. The lowest BCUT2D eigenvalue weighted by molar-refractivity contribution is -0.122. The van der Waals surface area contributed by atoms with Crippen LogP contribution in [0.15, 0.2) is 54.4 Å². The summed E-state index contributed by atoms with van der Waals surface area (Å²) in [5.41, 5.74) is 2.79. The summed E-state index contributed by atoms with van der Waals surface area (Å²) < 4.78 is 28.7. The van der Waals surface area contributed by atoms with Gasteiger partial charge in [-0.25, -0.2) is 23.6 Å². The summed E-state index contributed by atoms with van der Waals surface area (Å²) in [7, 11) is 0. The first kappa shape index (κ1) is 25.8. The minimum atomic E-state index is -0.726. The van der Waals surface area contributed by atoms with Crippen molar-refractivity contribution in [2.24, 2.45) is 17.8 Å². The molecule has 194 valence electrons. The quantitative estimate of drug-likeness (QED) is 0.331. The molecule has 0 aliphatic heterocycles. The van der Waals surface area contributed by atoms with Gasteiger partial charge in [0.2, 0.25) is 5.70 Å². The zero-order chi connectivity index (χ0) is 27.0. The standard InChI is InChI=1S/C31H30F2N4O/c1-18(2)11-13-31-16-26(34-4)28(38)19(3)24(31)10-9-23-27(22-7-5-6-8-25(22)33)36-30(37-29(23)31)20-12-14-35-21(15-20)17-32/h5-8,12,14-16,18-19,24H,9-11,13,17H2,1-3H3/t19-,24-,31-/m1/s1. The van der Waals surface area contributed by atoms with Crippen molar-refractivity contribution in [1.29, 1.82) is 0 Å². The van der Waals surface area contributed by atoms with E-state index in [1.165, 1.54) is 12.3 Å². The van der Waals surface area contributed by atoms with Gasteiger partial charge in [0.05, 0.1) is 23.7 Å². The Labute approximate surface area is 221 Å². The molecule has 0 N–H and O–H groups in total. The van der Waals surface area contributed by atoms with Gasteiger partial charge in [0.25, 0.3) is 0 Å². The van der Waals surface area contributed by atoms with Crippen molar-refractivity contribution in [3.05, 3.63) is 88.6 Å². The van der Waals surface area contributed by atoms with E-state index < -0.39 is 12.1 Å². The molecular formula is C31H30F2N4O. The number of allylic oxidation sites excluding steroid dienone is 2. The van der Waals surface area contributed by atoms with Crippen LogP contribution in [-0.2, 0) is 23.3 Å². The lowest BCUT2D eigenvalue weighted by Gasteiger charge is -2.48. The zero-order valence-electron chi connectivity index (χ0n) is 21.8. The van der Waals surface area contributed by atoms with E-state index in [1.807, 2.05) is 13.0 Å². The molecule has 0 saturated heterocycles. The van der Waals surface area contributed by atoms with Gasteiger partial charge < -0.3 is 4.79 Å². The fourth-order valence-electron chi connectivity index (χ4n) is 6.13. The number of hydrogen-bond donors (Lipinski definition) is 0. The van der Waals surface area contributed by atoms with Gasteiger partial charge in [-0.1, -0.05) is 39.0 Å². The number of Topliss-reactive ketones (excluding diaryl/α,β-unsaturated/α-hetero) is 1. The Morgan fingerprint density at radius 1 is 1.21 bits per heavy atom. The first-order valence-corrected chi connectivity index (χ1v) is 13.1. The van der Waals surface area contributed by atoms with E-state index in [0.717, 1.165) is 17.7 Å². The molecule has 2 aliphatic rings. The molecule has 0 bridgehead atoms. The molecule has 0 fully saturated rings. The highest BCUT2D eigenvalue weighted by Gasteiger charge is 2.52. The van der Waals surface area contributed by atoms with Gasteiger partial charge in [-0.15, -0.1) is 0 Å². The van der Waals surface area contributed by atoms with Gasteiger partial charge in [-0.2, -0.15) is 0 Å². The molecule has 2 aromatic heterocycles. The third kappa shape index (κ3) is 4.32. The monoisotopic (exact) mass is 512 g/mol. The molecule has 3 atom stereocenters. The lowest BCUT2D eigenvalue weighted by Crippen LogP contribution is -2.48. The zero-order valence-corrected chi connectivity index (χ0v) is 21.8. The van der Waals surface area contributed by atoms with E-state index in [-0.39, 0.29) is 34.8 Å². The number of halogens is 2. The van der Waals surface area contributed by atoms with Crippen LogP contribution in [0, 0.1) is 30.1 Å². The Morgan fingerprint density at radius 3 is 2.71 bits per heavy atom. The van der Waals surface area contributed by atoms with Crippen molar-refractivity contribution in [2.45, 2.75) is 58.5 Å². The number of rotatable bonds is 6. The number of benzene rings is 1. The van der Waals surface area contributed by atoms with Gasteiger partial charge in [-0.05, 0) is 61.8 Å². The molecule has 3 aromatic rings. The number of carbonyl (C=O) groups is 1. The predicted octanol–water partition coefficient (Wildman–Crippen LogP) is 7.07. The van der Waals surface area contributed by atoms with E-state index in [1.54, 1.807) is 30.3 Å². The van der Waals surface area contributed by atoms with E-state index >= 15 is 4.39 Å². The second-order valence-electron chi connectivity index (χ2n) is 10.8. The van der Waals surface area contributed by atoms with Crippen LogP contribution in [0.2, 0.25) is 0 Å². The fraction of sp³-hybridized carbons (Fsp3) is 0.387. The Morgan fingerprint density at radius 2 is 2.00 bits per heavy atom. The first-order chi connectivity index (χ1) is 18.3. The van der Waals surface area contributed by atoms with E-state index in [0.29, 0.717) is 47.8 Å². The van der Waals surface area contributed by atoms with Crippen molar-refractivity contribution < 1.29 is 13.6 Å². The third-order valence-electron chi connectivity index (χ3n) is 8.08. The van der Waals surface area contributed by atoms with Crippen LogP contribution < -0.4 is 0 Å². The minimum absolute atomic E-state index is 0.0400. The van der Waals surface area contributed by atoms with Gasteiger partial charge in [0, 0.05) is 34.2 Å². The van der Waals surface area contributed by atoms with Crippen LogP contribution in [-0.4, -0.2) is 20.7 Å². The number of ketones is 1. The summed E-state index contributed by atoms with van der Waals surface area (Å²) in [5, 5.41) is 0. The summed E-state index contributed by atoms with van der Waals surface area (Å²) in [5.74, 6) is -0.139. The molecule has 2 heterocycles. The van der Waals surface area contributed by atoms with Crippen LogP contribution in [0.25, 0.3) is 27.5 Å². The second kappa shape index (κ2) is 10.2. The van der Waals surface area contributed by atoms with Crippen LogP contribution in [0.1, 0.15) is 57.0 Å². The first-order valence-electron chi connectivity index (χ1n) is 13.1. The molecule has 7 heteroatoms. The molecule has 5 rings (SSSR count). The highest BCUT2D eigenvalue weighted by molar-refractivity contribution is 6.00. The van der Waals surface area contributed by atoms with Crippen molar-refractivity contribution in [3.63, 3.8) is 0 Å². The predicted molar refractivity (Wildman–Crippen MR) is 142 cm³/mol. The average molecular weight is 513 g/mol. The third-order valence-corrected chi connectivity index (χ3v) is 8.08. The Bertz CT molecular complexity index is 1470. The van der Waals surface area contributed by atoms with Gasteiger partial charge >= 0.3 is 0 Å². The average Bonchev–Trinajstić information content (AvgIpc) is 2.93. The number of nitrogens with zero attached hydrogens (tertiary/aromatic N) is 4. The molecule has 0 radical (unpaired) electrons. The normalized spacial score (nSPS) is 22.4. The van der Waals surface area contributed by atoms with Crippen molar-refractivity contribution in [2.75, 3.05) is 0 Å². The number of fused-ring (bicyclic) bond motifs is 3. The summed E-state index contributed by atoms with van der Waals surface area (Å²) in [6.45, 7) is 13.2. The van der Waals surface area contributed by atoms with Crippen molar-refractivity contribution in [3.8, 4) is 22.6 Å². The Balaban J connectivity index is 1.85. The van der Waals surface area contributed by atoms with Crippen LogP contribution in [0.5, 0.6) is 0 Å². The maximum absolute atomic E-state index is 15.2. The molecule has 0 unspecified atom stereocenters. The number of hydrogen-bond acceptors (Lipinski definition) is 4. The number of alkyl halides is 1. The maximum atomic E-state index is 15.2. The second-order valence-corrected chi connectivity index (χ2v) is 10.8. The van der Waals surface area contributed by atoms with Crippen molar-refractivity contribution >= 4 is 5.78 Å². The molecule has 38 heavy (non-hydrogen) atoms. The molecular weight excluding hydrogens is 482 g/mol. The summed E-state index contributed by atoms with van der Waals surface area (Å²) >= 11 is 0. The molecule has 5 nitrogen and oxygen atoms in total. The maximum Gasteiger partial charge on any atom is 0.226 e. The largest absolute Gasteiger partial charge is 0.308 e. The molecule has 0 saturated carbocycles. The highest BCUT2D eigenvalue weighted by atomic mass is 19.1. The fourth-order valence-corrected chi connectivity index (χ4v) is 6.13. The van der Waals surface area contributed by atoms with Crippen LogP contribution in [0.3, 0.4) is 0 Å². The van der Waals surface area contributed by atoms with Gasteiger partial charge in [0.15, 0.2) is 11.6 Å². The Kier molecular flexibility index (Phi) is 6.92. The van der Waals surface area contributed by atoms with Crippen LogP contribution in [0.4, 0.5) is 8.78 Å². The van der Waals surface area contributed by atoms with Gasteiger partial charge in [0.1, 0.15) is 12.5 Å². The molecule has 2 aliphatic carbocycles. The molecule has 1 aromatic carbocycles. The summed E-state index contributed by atoms with van der Waals surface area (Å²) in [6.07, 6.45) is 6.25.